The normalized spacial score (nSPS) is 13.9. The van der Waals surface area contributed by atoms with Crippen molar-refractivity contribution in [2.75, 3.05) is 30.5 Å². The average molecular weight is 593 g/mol. The minimum Gasteiger partial charge on any atom is -0.384 e. The second-order valence-corrected chi connectivity index (χ2v) is 12.9. The van der Waals surface area contributed by atoms with Gasteiger partial charge in [-0.25, -0.2) is 13.4 Å². The van der Waals surface area contributed by atoms with Gasteiger partial charge in [0.15, 0.2) is 0 Å². The first-order valence-electron chi connectivity index (χ1n) is 14.6. The van der Waals surface area contributed by atoms with Crippen LogP contribution in [0.15, 0.2) is 108 Å². The zero-order valence-corrected chi connectivity index (χ0v) is 24.9. The minimum atomic E-state index is -3.78. The van der Waals surface area contributed by atoms with Crippen LogP contribution in [-0.4, -0.2) is 54.9 Å². The van der Waals surface area contributed by atoms with E-state index in [1.54, 1.807) is 24.3 Å². The predicted octanol–water partition coefficient (Wildman–Crippen LogP) is 5.25. The number of rotatable bonds is 11. The molecular weight excluding hydrogens is 556 g/mol. The molecule has 6 rings (SSSR count). The Kier molecular flexibility index (Phi) is 8.26. The zero-order chi connectivity index (χ0) is 29.8. The Bertz CT molecular complexity index is 1810. The highest BCUT2D eigenvalue weighted by Gasteiger charge is 2.27. The van der Waals surface area contributed by atoms with Crippen LogP contribution in [0.3, 0.4) is 0 Å². The van der Waals surface area contributed by atoms with Crippen molar-refractivity contribution in [1.29, 1.82) is 5.41 Å². The van der Waals surface area contributed by atoms with Crippen molar-refractivity contribution in [2.45, 2.75) is 30.7 Å². The number of anilines is 1. The molecule has 0 radical (unpaired) electrons. The van der Waals surface area contributed by atoms with Crippen molar-refractivity contribution in [3.05, 3.63) is 126 Å². The second kappa shape index (κ2) is 12.4. The average Bonchev–Trinajstić information content (AvgIpc) is 3.66. The Balaban J connectivity index is 1.40. The first kappa shape index (κ1) is 28.6. The molecule has 0 aliphatic carbocycles. The van der Waals surface area contributed by atoms with Gasteiger partial charge in [0.05, 0.1) is 21.6 Å². The van der Waals surface area contributed by atoms with E-state index in [2.05, 4.69) is 21.6 Å². The lowest BCUT2D eigenvalue weighted by Crippen LogP contribution is -2.38. The standard InChI is InChI=1S/C34H36N6O2S/c35-34(36)28-15-13-26(14-16-28)23-33-37-31-24-29(17-18-32(31)39(33)25-27-9-3-1-4-10-27)40(22-21-38-19-7-8-20-38)43(41,42)30-11-5-2-6-12-30/h1-6,9-18,24H,7-8,19-23,25H2,(H3,35,36). The lowest BCUT2D eigenvalue weighted by molar-refractivity contribution is 0.349. The molecular formula is C34H36N6O2S. The number of hydrogen-bond acceptors (Lipinski definition) is 5. The molecule has 4 aromatic carbocycles. The van der Waals surface area contributed by atoms with Gasteiger partial charge in [0.1, 0.15) is 11.7 Å². The van der Waals surface area contributed by atoms with Gasteiger partial charge < -0.3 is 15.2 Å². The summed E-state index contributed by atoms with van der Waals surface area (Å²) in [6.45, 7) is 3.67. The molecule has 9 heteroatoms. The second-order valence-electron chi connectivity index (χ2n) is 11.0. The summed E-state index contributed by atoms with van der Waals surface area (Å²) in [5.41, 5.74) is 10.8. The van der Waals surface area contributed by atoms with Gasteiger partial charge in [0.2, 0.25) is 0 Å². The van der Waals surface area contributed by atoms with Crippen LogP contribution in [0.25, 0.3) is 11.0 Å². The molecule has 0 atom stereocenters. The lowest BCUT2D eigenvalue weighted by atomic mass is 10.1. The Hall–Kier alpha value is -4.47. The van der Waals surface area contributed by atoms with Gasteiger partial charge in [-0.15, -0.1) is 0 Å². The molecule has 1 aromatic heterocycles. The molecule has 0 spiro atoms. The molecule has 43 heavy (non-hydrogen) atoms. The number of amidine groups is 1. The first-order chi connectivity index (χ1) is 20.9. The molecule has 1 fully saturated rings. The number of likely N-dealkylation sites (tertiary alicyclic amines) is 1. The molecule has 0 bridgehead atoms. The molecule has 220 valence electrons. The molecule has 0 unspecified atom stereocenters. The highest BCUT2D eigenvalue weighted by molar-refractivity contribution is 7.92. The van der Waals surface area contributed by atoms with Gasteiger partial charge in [0.25, 0.3) is 10.0 Å². The molecule has 1 aliphatic rings. The van der Waals surface area contributed by atoms with Crippen LogP contribution in [0.4, 0.5) is 5.69 Å². The molecule has 2 heterocycles. The van der Waals surface area contributed by atoms with E-state index in [0.717, 1.165) is 53.9 Å². The van der Waals surface area contributed by atoms with Gasteiger partial charge in [0, 0.05) is 31.6 Å². The molecule has 0 saturated carbocycles. The van der Waals surface area contributed by atoms with Gasteiger partial charge >= 0.3 is 0 Å². The van der Waals surface area contributed by atoms with Crippen LogP contribution in [0.1, 0.15) is 35.4 Å². The van der Waals surface area contributed by atoms with E-state index in [1.807, 2.05) is 66.7 Å². The van der Waals surface area contributed by atoms with Crippen LogP contribution in [-0.2, 0) is 23.0 Å². The molecule has 8 nitrogen and oxygen atoms in total. The zero-order valence-electron chi connectivity index (χ0n) is 24.1. The van der Waals surface area contributed by atoms with E-state index in [4.69, 9.17) is 16.1 Å². The third kappa shape index (κ3) is 6.33. The van der Waals surface area contributed by atoms with Gasteiger partial charge in [-0.2, -0.15) is 0 Å². The number of nitrogen functional groups attached to an aromatic ring is 1. The summed E-state index contributed by atoms with van der Waals surface area (Å²) in [4.78, 5) is 7.67. The van der Waals surface area contributed by atoms with Crippen LogP contribution in [0, 0.1) is 5.41 Å². The van der Waals surface area contributed by atoms with Crippen molar-refractivity contribution in [3.8, 4) is 0 Å². The highest BCUT2D eigenvalue weighted by atomic mass is 32.2. The summed E-state index contributed by atoms with van der Waals surface area (Å²) in [6.07, 6.45) is 2.88. The maximum atomic E-state index is 14.0. The maximum absolute atomic E-state index is 14.0. The van der Waals surface area contributed by atoms with Crippen molar-refractivity contribution < 1.29 is 8.42 Å². The number of nitrogens with zero attached hydrogens (tertiary/aromatic N) is 4. The Morgan fingerprint density at radius 3 is 2.21 bits per heavy atom. The van der Waals surface area contributed by atoms with Crippen molar-refractivity contribution in [2.24, 2.45) is 5.73 Å². The molecule has 1 aliphatic heterocycles. The summed E-state index contributed by atoms with van der Waals surface area (Å²) in [6, 6.07) is 32.4. The van der Waals surface area contributed by atoms with Gasteiger partial charge in [-0.1, -0.05) is 72.8 Å². The van der Waals surface area contributed by atoms with E-state index < -0.39 is 10.0 Å². The number of aromatic nitrogens is 2. The van der Waals surface area contributed by atoms with Crippen LogP contribution >= 0.6 is 0 Å². The predicted molar refractivity (Wildman–Crippen MR) is 172 cm³/mol. The Labute approximate surface area is 253 Å². The van der Waals surface area contributed by atoms with Crippen LogP contribution in [0.5, 0.6) is 0 Å². The number of nitrogens with one attached hydrogen (secondary N) is 1. The third-order valence-electron chi connectivity index (χ3n) is 8.06. The fourth-order valence-electron chi connectivity index (χ4n) is 5.73. The lowest BCUT2D eigenvalue weighted by Gasteiger charge is -2.27. The minimum absolute atomic E-state index is 0.0372. The van der Waals surface area contributed by atoms with Crippen LogP contribution in [0.2, 0.25) is 0 Å². The number of benzene rings is 4. The quantitative estimate of drug-likeness (QED) is 0.161. The first-order valence-corrected chi connectivity index (χ1v) is 16.1. The van der Waals surface area contributed by atoms with Gasteiger partial charge in [-0.05, 0) is 67.4 Å². The van der Waals surface area contributed by atoms with Crippen LogP contribution < -0.4 is 10.0 Å². The number of nitrogens with two attached hydrogens (primary N) is 1. The number of hydrogen-bond donors (Lipinski definition) is 2. The molecule has 1 saturated heterocycles. The Morgan fingerprint density at radius 1 is 0.860 bits per heavy atom. The summed E-state index contributed by atoms with van der Waals surface area (Å²) in [5, 5.41) is 7.70. The third-order valence-corrected chi connectivity index (χ3v) is 9.90. The Morgan fingerprint density at radius 2 is 1.53 bits per heavy atom. The van der Waals surface area contributed by atoms with Crippen molar-refractivity contribution in [1.82, 2.24) is 14.5 Å². The largest absolute Gasteiger partial charge is 0.384 e. The maximum Gasteiger partial charge on any atom is 0.264 e. The van der Waals surface area contributed by atoms with E-state index in [1.165, 1.54) is 4.31 Å². The van der Waals surface area contributed by atoms with Crippen molar-refractivity contribution >= 4 is 32.6 Å². The van der Waals surface area contributed by atoms with E-state index in [-0.39, 0.29) is 10.7 Å². The summed E-state index contributed by atoms with van der Waals surface area (Å²) < 4.78 is 31.7. The molecule has 0 amide bonds. The van der Waals surface area contributed by atoms with E-state index in [9.17, 15) is 8.42 Å². The number of fused-ring (bicyclic) bond motifs is 1. The SMILES string of the molecule is N=C(N)c1ccc(Cc2nc3cc(N(CCN4CCCC4)S(=O)(=O)c4ccccc4)ccc3n2Cc2ccccc2)cc1. The number of imidazole rings is 1. The molecule has 5 aromatic rings. The fraction of sp³-hybridized carbons (Fsp3) is 0.235. The van der Waals surface area contributed by atoms with E-state index in [0.29, 0.717) is 37.3 Å². The summed E-state index contributed by atoms with van der Waals surface area (Å²) in [7, 11) is -3.78. The monoisotopic (exact) mass is 592 g/mol. The smallest absolute Gasteiger partial charge is 0.264 e. The van der Waals surface area contributed by atoms with Gasteiger partial charge in [-0.3, -0.25) is 9.71 Å². The summed E-state index contributed by atoms with van der Waals surface area (Å²) in [5.74, 6) is 0.913. The van der Waals surface area contributed by atoms with Crippen molar-refractivity contribution in [3.63, 3.8) is 0 Å². The molecule has 3 N–H and O–H groups in total. The van der Waals surface area contributed by atoms with E-state index >= 15 is 0 Å². The summed E-state index contributed by atoms with van der Waals surface area (Å²) >= 11 is 0. The highest BCUT2D eigenvalue weighted by Crippen LogP contribution is 2.29. The fourth-order valence-corrected chi connectivity index (χ4v) is 7.20. The number of sulfonamides is 1. The topological polar surface area (TPSA) is 108 Å².